The van der Waals surface area contributed by atoms with Gasteiger partial charge in [0, 0.05) is 13.1 Å². The zero-order chi connectivity index (χ0) is 11.8. The van der Waals surface area contributed by atoms with E-state index in [0.29, 0.717) is 0 Å². The van der Waals surface area contributed by atoms with Crippen LogP contribution in [0.5, 0.6) is 0 Å². The van der Waals surface area contributed by atoms with E-state index in [-0.39, 0.29) is 6.04 Å². The SMILES string of the molecule is CN(C1CCc2ccccc2C1)S(C)(=O)=O. The zero-order valence-corrected chi connectivity index (χ0v) is 10.5. The summed E-state index contributed by atoms with van der Waals surface area (Å²) in [6, 6.07) is 8.40. The first kappa shape index (κ1) is 11.6. The molecule has 0 N–H and O–H groups in total. The second-order valence-electron chi connectivity index (χ2n) is 4.44. The van der Waals surface area contributed by atoms with E-state index in [9.17, 15) is 8.42 Å². The van der Waals surface area contributed by atoms with E-state index in [1.807, 2.05) is 12.1 Å². The Bertz CT molecular complexity index is 482. The zero-order valence-electron chi connectivity index (χ0n) is 9.68. The summed E-state index contributed by atoms with van der Waals surface area (Å²) in [7, 11) is -1.40. The fourth-order valence-corrected chi connectivity index (χ4v) is 2.98. The van der Waals surface area contributed by atoms with Gasteiger partial charge < -0.3 is 0 Å². The minimum Gasteiger partial charge on any atom is -0.213 e. The molecule has 16 heavy (non-hydrogen) atoms. The Hall–Kier alpha value is -0.870. The van der Waals surface area contributed by atoms with Crippen molar-refractivity contribution in [2.75, 3.05) is 13.3 Å². The molecule has 1 atom stereocenters. The van der Waals surface area contributed by atoms with E-state index in [1.54, 1.807) is 7.05 Å². The number of rotatable bonds is 2. The molecule has 0 aliphatic heterocycles. The molecule has 4 heteroatoms. The highest BCUT2D eigenvalue weighted by Crippen LogP contribution is 2.24. The molecule has 1 aliphatic rings. The molecule has 1 unspecified atom stereocenters. The van der Waals surface area contributed by atoms with Crippen molar-refractivity contribution in [1.82, 2.24) is 4.31 Å². The fourth-order valence-electron chi connectivity index (χ4n) is 2.26. The number of fused-ring (bicyclic) bond motifs is 1. The highest BCUT2D eigenvalue weighted by Gasteiger charge is 2.26. The lowest BCUT2D eigenvalue weighted by Crippen LogP contribution is -2.39. The number of hydrogen-bond donors (Lipinski definition) is 0. The minimum atomic E-state index is -3.07. The molecule has 0 radical (unpaired) electrons. The van der Waals surface area contributed by atoms with Gasteiger partial charge in [-0.15, -0.1) is 0 Å². The molecule has 3 nitrogen and oxygen atoms in total. The minimum absolute atomic E-state index is 0.116. The van der Waals surface area contributed by atoms with E-state index >= 15 is 0 Å². The highest BCUT2D eigenvalue weighted by molar-refractivity contribution is 7.88. The first-order valence-corrected chi connectivity index (χ1v) is 7.33. The second-order valence-corrected chi connectivity index (χ2v) is 6.49. The average molecular weight is 239 g/mol. The quantitative estimate of drug-likeness (QED) is 0.783. The molecule has 0 fully saturated rings. The number of nitrogens with zero attached hydrogens (tertiary/aromatic N) is 1. The molecular weight excluding hydrogens is 222 g/mol. The maximum absolute atomic E-state index is 11.5. The lowest BCUT2D eigenvalue weighted by Gasteiger charge is -2.30. The molecule has 0 bridgehead atoms. The summed E-state index contributed by atoms with van der Waals surface area (Å²) in [6.07, 6.45) is 3.99. The molecule has 0 saturated heterocycles. The van der Waals surface area contributed by atoms with E-state index in [2.05, 4.69) is 12.1 Å². The summed E-state index contributed by atoms with van der Waals surface area (Å²) in [5.74, 6) is 0. The number of aryl methyl sites for hydroxylation is 1. The molecule has 1 aliphatic carbocycles. The van der Waals surface area contributed by atoms with Crippen molar-refractivity contribution in [2.24, 2.45) is 0 Å². The Morgan fingerprint density at radius 2 is 1.88 bits per heavy atom. The highest BCUT2D eigenvalue weighted by atomic mass is 32.2. The van der Waals surface area contributed by atoms with Gasteiger partial charge in [0.25, 0.3) is 0 Å². The molecule has 0 heterocycles. The van der Waals surface area contributed by atoms with Gasteiger partial charge >= 0.3 is 0 Å². The van der Waals surface area contributed by atoms with Gasteiger partial charge in [-0.2, -0.15) is 0 Å². The van der Waals surface area contributed by atoms with E-state index in [4.69, 9.17) is 0 Å². The van der Waals surface area contributed by atoms with Crippen molar-refractivity contribution < 1.29 is 8.42 Å². The van der Waals surface area contributed by atoms with Gasteiger partial charge in [0.15, 0.2) is 0 Å². The molecule has 88 valence electrons. The first-order chi connectivity index (χ1) is 7.48. The van der Waals surface area contributed by atoms with Crippen molar-refractivity contribution >= 4 is 10.0 Å². The predicted molar refractivity (Wildman–Crippen MR) is 64.9 cm³/mol. The van der Waals surface area contributed by atoms with Crippen LogP contribution >= 0.6 is 0 Å². The number of sulfonamides is 1. The van der Waals surface area contributed by atoms with Crippen LogP contribution in [0.1, 0.15) is 17.5 Å². The van der Waals surface area contributed by atoms with Crippen LogP contribution in [0.15, 0.2) is 24.3 Å². The van der Waals surface area contributed by atoms with Crippen LogP contribution in [0.25, 0.3) is 0 Å². The van der Waals surface area contributed by atoms with Crippen LogP contribution in [-0.2, 0) is 22.9 Å². The molecule has 1 aromatic rings. The Morgan fingerprint density at radius 3 is 2.50 bits per heavy atom. The number of benzene rings is 1. The Kier molecular flexibility index (Phi) is 3.04. The third-order valence-corrected chi connectivity index (χ3v) is 4.70. The maximum Gasteiger partial charge on any atom is 0.211 e. The van der Waals surface area contributed by atoms with Gasteiger partial charge in [-0.05, 0) is 30.4 Å². The Labute approximate surface area is 97.1 Å². The van der Waals surface area contributed by atoms with Crippen molar-refractivity contribution in [3.63, 3.8) is 0 Å². The number of hydrogen-bond acceptors (Lipinski definition) is 2. The molecule has 2 rings (SSSR count). The van der Waals surface area contributed by atoms with Crippen LogP contribution in [0.3, 0.4) is 0 Å². The van der Waals surface area contributed by atoms with Gasteiger partial charge in [-0.3, -0.25) is 0 Å². The van der Waals surface area contributed by atoms with Crippen molar-refractivity contribution in [3.05, 3.63) is 35.4 Å². The monoisotopic (exact) mass is 239 g/mol. The van der Waals surface area contributed by atoms with E-state index in [1.165, 1.54) is 21.7 Å². The van der Waals surface area contributed by atoms with Gasteiger partial charge in [0.05, 0.1) is 6.26 Å². The van der Waals surface area contributed by atoms with Crippen LogP contribution in [0.2, 0.25) is 0 Å². The lowest BCUT2D eigenvalue weighted by molar-refractivity contribution is 0.338. The molecule has 0 saturated carbocycles. The van der Waals surface area contributed by atoms with Gasteiger partial charge in [-0.25, -0.2) is 12.7 Å². The molecular formula is C12H17NO2S. The van der Waals surface area contributed by atoms with Crippen LogP contribution in [-0.4, -0.2) is 32.1 Å². The number of likely N-dealkylation sites (N-methyl/N-ethyl adjacent to an activating group) is 1. The summed E-state index contributed by atoms with van der Waals surface area (Å²) < 4.78 is 24.4. The Balaban J connectivity index is 2.20. The Morgan fingerprint density at radius 1 is 1.25 bits per heavy atom. The summed E-state index contributed by atoms with van der Waals surface area (Å²) in [5, 5.41) is 0. The largest absolute Gasteiger partial charge is 0.213 e. The normalized spacial score (nSPS) is 20.8. The molecule has 0 aromatic heterocycles. The van der Waals surface area contributed by atoms with Gasteiger partial charge in [0.2, 0.25) is 10.0 Å². The second kappa shape index (κ2) is 4.18. The summed E-state index contributed by atoms with van der Waals surface area (Å²) in [6.45, 7) is 0. The van der Waals surface area contributed by atoms with Crippen molar-refractivity contribution in [3.8, 4) is 0 Å². The molecule has 0 amide bonds. The van der Waals surface area contributed by atoms with Crippen LogP contribution < -0.4 is 0 Å². The first-order valence-electron chi connectivity index (χ1n) is 5.48. The summed E-state index contributed by atoms with van der Waals surface area (Å²) in [4.78, 5) is 0. The van der Waals surface area contributed by atoms with Crippen LogP contribution in [0, 0.1) is 0 Å². The van der Waals surface area contributed by atoms with Crippen LogP contribution in [0.4, 0.5) is 0 Å². The topological polar surface area (TPSA) is 37.4 Å². The van der Waals surface area contributed by atoms with Crippen molar-refractivity contribution in [2.45, 2.75) is 25.3 Å². The smallest absolute Gasteiger partial charge is 0.211 e. The molecule has 1 aromatic carbocycles. The fraction of sp³-hybridized carbons (Fsp3) is 0.500. The standard InChI is InChI=1S/C12H17NO2S/c1-13(16(2,14)15)12-8-7-10-5-3-4-6-11(10)9-12/h3-6,12H,7-9H2,1-2H3. The predicted octanol–water partition coefficient (Wildman–Crippen LogP) is 1.44. The molecule has 0 spiro atoms. The summed E-state index contributed by atoms with van der Waals surface area (Å²) in [5.41, 5.74) is 2.65. The average Bonchev–Trinajstić information content (AvgIpc) is 2.26. The third-order valence-electron chi connectivity index (χ3n) is 3.36. The van der Waals surface area contributed by atoms with E-state index in [0.717, 1.165) is 19.3 Å². The van der Waals surface area contributed by atoms with Gasteiger partial charge in [-0.1, -0.05) is 24.3 Å². The maximum atomic E-state index is 11.5. The third kappa shape index (κ3) is 2.28. The lowest BCUT2D eigenvalue weighted by atomic mass is 9.88. The van der Waals surface area contributed by atoms with Crippen molar-refractivity contribution in [1.29, 1.82) is 0 Å². The van der Waals surface area contributed by atoms with E-state index < -0.39 is 10.0 Å². The summed E-state index contributed by atoms with van der Waals surface area (Å²) >= 11 is 0. The van der Waals surface area contributed by atoms with Gasteiger partial charge in [0.1, 0.15) is 0 Å².